The summed E-state index contributed by atoms with van der Waals surface area (Å²) in [5.41, 5.74) is -0.0501. The first-order chi connectivity index (χ1) is 19.1. The lowest BCUT2D eigenvalue weighted by molar-refractivity contribution is -0.137. The van der Waals surface area contributed by atoms with Crippen LogP contribution in [0.2, 0.25) is 5.02 Å². The Bertz CT molecular complexity index is 1640. The highest BCUT2D eigenvalue weighted by molar-refractivity contribution is 6.30. The minimum Gasteiger partial charge on any atom is -0.493 e. The molecule has 12 heteroatoms. The van der Waals surface area contributed by atoms with Gasteiger partial charge in [0.15, 0.2) is 5.82 Å². The van der Waals surface area contributed by atoms with Crippen molar-refractivity contribution in [1.82, 2.24) is 14.8 Å². The van der Waals surface area contributed by atoms with E-state index in [0.29, 0.717) is 35.9 Å². The lowest BCUT2D eigenvalue weighted by Crippen LogP contribution is -2.43. The van der Waals surface area contributed by atoms with Crippen LogP contribution in [0.15, 0.2) is 52.1 Å². The quantitative estimate of drug-likeness (QED) is 0.319. The topological polar surface area (TPSA) is 89.3 Å². The molecule has 0 radical (unpaired) electrons. The second kappa shape index (κ2) is 9.96. The second-order valence-corrected chi connectivity index (χ2v) is 10.6. The number of benzene rings is 2. The number of halogens is 4. The zero-order valence-electron chi connectivity index (χ0n) is 21.5. The second-order valence-electron chi connectivity index (χ2n) is 10.1. The molecule has 0 amide bonds. The van der Waals surface area contributed by atoms with Gasteiger partial charge in [0.05, 0.1) is 30.8 Å². The molecule has 1 N–H and O–H groups in total. The lowest BCUT2D eigenvalue weighted by Gasteiger charge is -2.32. The first-order valence-electron chi connectivity index (χ1n) is 13.0. The molecule has 3 heterocycles. The number of nitrogens with zero attached hydrogens (tertiary/aromatic N) is 4. The fraction of sp³-hybridized carbons (Fsp3) is 0.357. The number of aromatic nitrogens is 3. The maximum atomic E-state index is 13.2. The Morgan fingerprint density at radius 2 is 1.85 bits per heavy atom. The zero-order valence-corrected chi connectivity index (χ0v) is 22.2. The van der Waals surface area contributed by atoms with Gasteiger partial charge in [-0.25, -0.2) is 0 Å². The Balaban J connectivity index is 1.29. The molecule has 6 rings (SSSR count). The number of alkyl halides is 3. The third-order valence-corrected chi connectivity index (χ3v) is 7.89. The van der Waals surface area contributed by atoms with Crippen LogP contribution in [-0.4, -0.2) is 27.9 Å². The number of fused-ring (bicyclic) bond motifs is 1. The van der Waals surface area contributed by atoms with Crippen LogP contribution in [0.3, 0.4) is 0 Å². The molecular formula is C28H25ClF3N5O3. The Hall–Kier alpha value is -3.86. The van der Waals surface area contributed by atoms with Gasteiger partial charge in [-0.15, -0.1) is 10.2 Å². The molecule has 3 aromatic carbocycles. The molecule has 40 heavy (non-hydrogen) atoms. The van der Waals surface area contributed by atoms with Gasteiger partial charge in [-0.3, -0.25) is 9.59 Å². The monoisotopic (exact) mass is 571 g/mol. The van der Waals surface area contributed by atoms with E-state index in [1.807, 2.05) is 40.7 Å². The Kier molecular flexibility index (Phi) is 6.56. The van der Waals surface area contributed by atoms with Gasteiger partial charge in [-0.1, -0.05) is 29.8 Å². The van der Waals surface area contributed by atoms with E-state index in [0.717, 1.165) is 36.4 Å². The van der Waals surface area contributed by atoms with E-state index in [9.17, 15) is 22.8 Å². The van der Waals surface area contributed by atoms with Gasteiger partial charge >= 0.3 is 6.18 Å². The number of rotatable bonds is 6. The number of anilines is 2. The largest absolute Gasteiger partial charge is 0.493 e. The average molecular weight is 572 g/mol. The van der Waals surface area contributed by atoms with Crippen LogP contribution in [-0.2, 0) is 12.7 Å². The lowest BCUT2D eigenvalue weighted by atomic mass is 9.97. The third-order valence-electron chi connectivity index (χ3n) is 7.64. The summed E-state index contributed by atoms with van der Waals surface area (Å²) >= 11 is 6.04. The number of aryl methyl sites for hydroxylation is 1. The van der Waals surface area contributed by atoms with Crippen LogP contribution < -0.4 is 25.8 Å². The predicted octanol–water partition coefficient (Wildman–Crippen LogP) is 5.18. The standard InChI is InChI=1S/C28H25ClF3N5O3/c1-15-34-35-27(37(15)14-16-4-7-18(29)8-5-16)21-3-2-11-36(21)24-23(25(38)26(24)39)33-20-10-12-40-22-13-17(28(30,31)32)6-9-19(20)22/h4-9,13,20-21,33H,2-3,10-12,14H2,1H3/t20-,21+/m0/s1. The highest BCUT2D eigenvalue weighted by atomic mass is 35.5. The molecule has 0 bridgehead atoms. The van der Waals surface area contributed by atoms with Crippen molar-refractivity contribution in [2.24, 2.45) is 0 Å². The van der Waals surface area contributed by atoms with E-state index in [4.69, 9.17) is 16.3 Å². The average Bonchev–Trinajstić information content (AvgIpc) is 3.54. The minimum atomic E-state index is -4.50. The number of hydrogen-bond donors (Lipinski definition) is 1. The van der Waals surface area contributed by atoms with Crippen molar-refractivity contribution < 1.29 is 17.9 Å². The molecular weight excluding hydrogens is 547 g/mol. The maximum absolute atomic E-state index is 13.2. The number of nitrogens with one attached hydrogen (secondary N) is 1. The van der Waals surface area contributed by atoms with Crippen molar-refractivity contribution in [1.29, 1.82) is 0 Å². The summed E-state index contributed by atoms with van der Waals surface area (Å²) in [5, 5.41) is 12.5. The summed E-state index contributed by atoms with van der Waals surface area (Å²) in [4.78, 5) is 27.6. The van der Waals surface area contributed by atoms with Gasteiger partial charge in [-0.2, -0.15) is 13.2 Å². The first kappa shape index (κ1) is 26.4. The predicted molar refractivity (Wildman–Crippen MR) is 144 cm³/mol. The molecule has 0 saturated carbocycles. The van der Waals surface area contributed by atoms with Gasteiger partial charge in [0, 0.05) is 23.6 Å². The Morgan fingerprint density at radius 1 is 1.07 bits per heavy atom. The van der Waals surface area contributed by atoms with Gasteiger partial charge in [0.2, 0.25) is 0 Å². The molecule has 0 unspecified atom stereocenters. The molecule has 1 aromatic heterocycles. The van der Waals surface area contributed by atoms with E-state index in [1.54, 1.807) is 0 Å². The molecule has 1 saturated heterocycles. The van der Waals surface area contributed by atoms with Crippen LogP contribution in [0.5, 0.6) is 5.75 Å². The summed E-state index contributed by atoms with van der Waals surface area (Å²) in [6.07, 6.45) is -2.57. The summed E-state index contributed by atoms with van der Waals surface area (Å²) in [7, 11) is 0. The molecule has 2 aliphatic heterocycles. The van der Waals surface area contributed by atoms with Crippen LogP contribution in [0.1, 0.15) is 59.7 Å². The Labute approximate surface area is 232 Å². The molecule has 0 aliphatic carbocycles. The van der Waals surface area contributed by atoms with Crippen LogP contribution in [0.4, 0.5) is 24.5 Å². The van der Waals surface area contributed by atoms with Crippen molar-refractivity contribution >= 4 is 23.0 Å². The molecule has 8 nitrogen and oxygen atoms in total. The highest BCUT2D eigenvalue weighted by Crippen LogP contribution is 2.42. The molecule has 2 atom stereocenters. The van der Waals surface area contributed by atoms with Crippen molar-refractivity contribution in [2.75, 3.05) is 23.4 Å². The zero-order chi connectivity index (χ0) is 28.2. The van der Waals surface area contributed by atoms with E-state index < -0.39 is 28.6 Å². The van der Waals surface area contributed by atoms with Gasteiger partial charge < -0.3 is 19.5 Å². The van der Waals surface area contributed by atoms with Crippen LogP contribution in [0, 0.1) is 6.92 Å². The van der Waals surface area contributed by atoms with Gasteiger partial charge in [0.1, 0.15) is 22.9 Å². The van der Waals surface area contributed by atoms with Crippen LogP contribution in [0.25, 0.3) is 0 Å². The molecule has 1 fully saturated rings. The van der Waals surface area contributed by atoms with Crippen molar-refractivity contribution in [3.63, 3.8) is 0 Å². The number of hydrogen-bond acceptors (Lipinski definition) is 7. The smallest absolute Gasteiger partial charge is 0.416 e. The van der Waals surface area contributed by atoms with Crippen molar-refractivity contribution in [3.05, 3.63) is 96.3 Å². The van der Waals surface area contributed by atoms with Crippen molar-refractivity contribution in [2.45, 2.75) is 51.0 Å². The van der Waals surface area contributed by atoms with E-state index in [1.165, 1.54) is 6.07 Å². The third kappa shape index (κ3) is 4.61. The summed E-state index contributed by atoms with van der Waals surface area (Å²) in [6, 6.07) is 10.1. The van der Waals surface area contributed by atoms with E-state index >= 15 is 0 Å². The maximum Gasteiger partial charge on any atom is 0.416 e. The normalized spacial score (nSPS) is 19.1. The van der Waals surface area contributed by atoms with E-state index in [2.05, 4.69) is 15.5 Å². The fourth-order valence-corrected chi connectivity index (χ4v) is 5.72. The molecule has 0 spiro atoms. The van der Waals surface area contributed by atoms with Gasteiger partial charge in [-0.05, 0) is 49.6 Å². The minimum absolute atomic E-state index is 0.114. The SMILES string of the molecule is Cc1nnc([C@H]2CCCN2c2c(N[C@H]3CCOc4cc(C(F)(F)F)ccc43)c(=O)c2=O)n1Cc1ccc(Cl)cc1. The first-order valence-corrected chi connectivity index (χ1v) is 13.3. The van der Waals surface area contributed by atoms with Gasteiger partial charge in [0.25, 0.3) is 10.9 Å². The number of ether oxygens (including phenoxy) is 1. The summed E-state index contributed by atoms with van der Waals surface area (Å²) in [6.45, 7) is 3.11. The van der Waals surface area contributed by atoms with E-state index in [-0.39, 0.29) is 29.8 Å². The summed E-state index contributed by atoms with van der Waals surface area (Å²) in [5.74, 6) is 1.53. The molecule has 2 aliphatic rings. The molecule has 4 aromatic rings. The molecule has 208 valence electrons. The van der Waals surface area contributed by atoms with Crippen molar-refractivity contribution in [3.8, 4) is 5.75 Å². The summed E-state index contributed by atoms with van der Waals surface area (Å²) < 4.78 is 47.1. The van der Waals surface area contributed by atoms with Crippen LogP contribution >= 0.6 is 11.6 Å². The highest BCUT2D eigenvalue weighted by Gasteiger charge is 2.38. The fourth-order valence-electron chi connectivity index (χ4n) is 5.59. The Morgan fingerprint density at radius 3 is 2.60 bits per heavy atom.